The molecule has 1 saturated heterocycles. The molecule has 25 heavy (non-hydrogen) atoms. The molecule has 0 radical (unpaired) electrons. The minimum absolute atomic E-state index is 0.122. The van der Waals surface area contributed by atoms with Gasteiger partial charge in [0.2, 0.25) is 0 Å². The van der Waals surface area contributed by atoms with Crippen LogP contribution in [0.2, 0.25) is 0 Å². The lowest BCUT2D eigenvalue weighted by Gasteiger charge is -2.22. The highest BCUT2D eigenvalue weighted by atomic mass is 16.2. The van der Waals surface area contributed by atoms with Crippen LogP contribution in [0.3, 0.4) is 0 Å². The van der Waals surface area contributed by atoms with Crippen LogP contribution in [0, 0.1) is 0 Å². The third kappa shape index (κ3) is 5.39. The molecule has 0 saturated carbocycles. The fraction of sp³-hybridized carbons (Fsp3) is 0.526. The maximum Gasteiger partial charge on any atom is 0.273 e. The van der Waals surface area contributed by atoms with Crippen LogP contribution in [0.15, 0.2) is 36.5 Å². The molecule has 0 atom stereocenters. The van der Waals surface area contributed by atoms with Gasteiger partial charge < -0.3 is 10.6 Å². The fourth-order valence-corrected chi connectivity index (χ4v) is 3.20. The fourth-order valence-electron chi connectivity index (χ4n) is 3.20. The van der Waals surface area contributed by atoms with Gasteiger partial charge in [-0.15, -0.1) is 5.10 Å². The Balaban J connectivity index is 1.33. The van der Waals surface area contributed by atoms with E-state index in [4.69, 9.17) is 0 Å². The van der Waals surface area contributed by atoms with Crippen molar-refractivity contribution in [3.63, 3.8) is 0 Å². The molecule has 6 nitrogen and oxygen atoms in total. The second-order valence-corrected chi connectivity index (χ2v) is 6.62. The molecule has 1 fully saturated rings. The summed E-state index contributed by atoms with van der Waals surface area (Å²) in [4.78, 5) is 12.2. The van der Waals surface area contributed by atoms with Gasteiger partial charge in [0.05, 0.1) is 12.2 Å². The van der Waals surface area contributed by atoms with Crippen LogP contribution in [-0.4, -0.2) is 40.5 Å². The molecule has 0 aliphatic carbocycles. The van der Waals surface area contributed by atoms with Gasteiger partial charge in [0.15, 0.2) is 5.69 Å². The van der Waals surface area contributed by atoms with Crippen molar-refractivity contribution >= 4 is 5.91 Å². The molecule has 0 bridgehead atoms. The van der Waals surface area contributed by atoms with E-state index in [-0.39, 0.29) is 5.91 Å². The molecule has 0 spiro atoms. The van der Waals surface area contributed by atoms with Crippen LogP contribution in [-0.2, 0) is 6.42 Å². The number of benzene rings is 1. The van der Waals surface area contributed by atoms with Crippen LogP contribution in [0.25, 0.3) is 0 Å². The molecule has 2 heterocycles. The van der Waals surface area contributed by atoms with E-state index in [0.29, 0.717) is 18.3 Å². The zero-order valence-electron chi connectivity index (χ0n) is 14.7. The lowest BCUT2D eigenvalue weighted by Crippen LogP contribution is -2.29. The molecule has 6 heteroatoms. The first-order valence-corrected chi connectivity index (χ1v) is 9.27. The molecule has 1 aliphatic rings. The quantitative estimate of drug-likeness (QED) is 0.723. The van der Waals surface area contributed by atoms with Gasteiger partial charge in [-0.25, -0.2) is 4.68 Å². The molecular weight excluding hydrogens is 314 g/mol. The van der Waals surface area contributed by atoms with Gasteiger partial charge in [-0.1, -0.05) is 42.0 Å². The second kappa shape index (κ2) is 9.32. The van der Waals surface area contributed by atoms with Gasteiger partial charge in [0, 0.05) is 6.54 Å². The molecule has 0 unspecified atom stereocenters. The average Bonchev–Trinajstić information content (AvgIpc) is 3.16. The summed E-state index contributed by atoms with van der Waals surface area (Å²) in [6.45, 7) is 2.68. The van der Waals surface area contributed by atoms with Crippen molar-refractivity contribution in [3.8, 4) is 0 Å². The zero-order valence-corrected chi connectivity index (χ0v) is 14.7. The SMILES string of the molecule is O=C(NCCCCCc1ccccc1)c1cn(C2CCNCC2)nn1. The van der Waals surface area contributed by atoms with E-state index >= 15 is 0 Å². The Labute approximate surface area is 149 Å². The van der Waals surface area contributed by atoms with E-state index in [1.54, 1.807) is 6.20 Å². The topological polar surface area (TPSA) is 71.8 Å². The summed E-state index contributed by atoms with van der Waals surface area (Å²) in [6.07, 6.45) is 8.18. The summed E-state index contributed by atoms with van der Waals surface area (Å²) in [5.74, 6) is -0.122. The maximum atomic E-state index is 12.2. The van der Waals surface area contributed by atoms with Crippen LogP contribution >= 0.6 is 0 Å². The molecule has 1 amide bonds. The lowest BCUT2D eigenvalue weighted by molar-refractivity contribution is 0.0948. The first-order chi connectivity index (χ1) is 12.3. The third-order valence-electron chi connectivity index (χ3n) is 4.70. The van der Waals surface area contributed by atoms with Gasteiger partial charge >= 0.3 is 0 Å². The summed E-state index contributed by atoms with van der Waals surface area (Å²) in [7, 11) is 0. The zero-order chi connectivity index (χ0) is 17.3. The monoisotopic (exact) mass is 341 g/mol. The molecule has 2 N–H and O–H groups in total. The molecule has 1 aromatic carbocycles. The summed E-state index contributed by atoms with van der Waals surface area (Å²) in [5.41, 5.74) is 1.80. The Bertz CT molecular complexity index is 649. The van der Waals surface area contributed by atoms with Gasteiger partial charge in [-0.2, -0.15) is 0 Å². The standard InChI is InChI=1S/C19H27N5O/c25-19(18-15-24(23-22-18)17-10-13-20-14-11-17)21-12-6-2-5-9-16-7-3-1-4-8-16/h1,3-4,7-8,15,17,20H,2,5-6,9-14H2,(H,21,25). The minimum atomic E-state index is -0.122. The van der Waals surface area contributed by atoms with E-state index in [0.717, 1.165) is 51.6 Å². The normalized spacial score (nSPS) is 15.2. The number of amides is 1. The van der Waals surface area contributed by atoms with E-state index < -0.39 is 0 Å². The second-order valence-electron chi connectivity index (χ2n) is 6.62. The van der Waals surface area contributed by atoms with Crippen molar-refractivity contribution < 1.29 is 4.79 Å². The molecular formula is C19H27N5O. The largest absolute Gasteiger partial charge is 0.351 e. The van der Waals surface area contributed by atoms with Crippen molar-refractivity contribution in [3.05, 3.63) is 47.8 Å². The van der Waals surface area contributed by atoms with E-state index in [1.165, 1.54) is 5.56 Å². The Hall–Kier alpha value is -2.21. The van der Waals surface area contributed by atoms with Crippen molar-refractivity contribution in [2.45, 2.75) is 44.6 Å². The van der Waals surface area contributed by atoms with Crippen molar-refractivity contribution in [1.82, 2.24) is 25.6 Å². The maximum absolute atomic E-state index is 12.2. The van der Waals surface area contributed by atoms with Gasteiger partial charge in [-0.05, 0) is 50.8 Å². The number of aromatic nitrogens is 3. The molecule has 1 aromatic heterocycles. The van der Waals surface area contributed by atoms with Crippen LogP contribution in [0.5, 0.6) is 0 Å². The molecule has 3 rings (SSSR count). The number of piperidine rings is 1. The minimum Gasteiger partial charge on any atom is -0.351 e. The molecule has 2 aromatic rings. The number of rotatable bonds is 8. The predicted molar refractivity (Wildman–Crippen MR) is 97.5 cm³/mol. The number of hydrogen-bond donors (Lipinski definition) is 2. The highest BCUT2D eigenvalue weighted by Gasteiger charge is 2.18. The third-order valence-corrected chi connectivity index (χ3v) is 4.70. The summed E-state index contributed by atoms with van der Waals surface area (Å²) < 4.78 is 1.84. The number of aryl methyl sites for hydroxylation is 1. The first kappa shape index (κ1) is 17.6. The van der Waals surface area contributed by atoms with E-state index in [9.17, 15) is 4.79 Å². The van der Waals surface area contributed by atoms with Gasteiger partial charge in [-0.3, -0.25) is 4.79 Å². The number of carbonyl (C=O) groups is 1. The average molecular weight is 341 g/mol. The van der Waals surface area contributed by atoms with Crippen molar-refractivity contribution in [2.75, 3.05) is 19.6 Å². The van der Waals surface area contributed by atoms with Gasteiger partial charge in [0.25, 0.3) is 5.91 Å². The number of nitrogens with zero attached hydrogens (tertiary/aromatic N) is 3. The van der Waals surface area contributed by atoms with Crippen LogP contribution < -0.4 is 10.6 Å². The Kier molecular flexibility index (Phi) is 6.56. The number of unbranched alkanes of at least 4 members (excludes halogenated alkanes) is 2. The predicted octanol–water partition coefficient (Wildman–Crippen LogP) is 2.35. The number of hydrogen-bond acceptors (Lipinski definition) is 4. The Morgan fingerprint density at radius 1 is 1.16 bits per heavy atom. The first-order valence-electron chi connectivity index (χ1n) is 9.27. The number of carbonyl (C=O) groups excluding carboxylic acids is 1. The highest BCUT2D eigenvalue weighted by Crippen LogP contribution is 2.17. The van der Waals surface area contributed by atoms with Gasteiger partial charge in [0.1, 0.15) is 0 Å². The lowest BCUT2D eigenvalue weighted by atomic mass is 10.1. The van der Waals surface area contributed by atoms with Crippen LogP contribution in [0.1, 0.15) is 54.2 Å². The summed E-state index contributed by atoms with van der Waals surface area (Å²) >= 11 is 0. The highest BCUT2D eigenvalue weighted by molar-refractivity contribution is 5.91. The van der Waals surface area contributed by atoms with E-state index in [1.807, 2.05) is 10.7 Å². The Morgan fingerprint density at radius 2 is 1.96 bits per heavy atom. The van der Waals surface area contributed by atoms with Crippen molar-refractivity contribution in [2.24, 2.45) is 0 Å². The molecule has 134 valence electrons. The number of nitrogens with one attached hydrogen (secondary N) is 2. The molecule has 1 aliphatic heterocycles. The van der Waals surface area contributed by atoms with Crippen molar-refractivity contribution in [1.29, 1.82) is 0 Å². The van der Waals surface area contributed by atoms with E-state index in [2.05, 4.69) is 45.2 Å². The summed E-state index contributed by atoms with van der Waals surface area (Å²) in [6, 6.07) is 10.9. The Morgan fingerprint density at radius 3 is 2.76 bits per heavy atom. The van der Waals surface area contributed by atoms with Crippen LogP contribution in [0.4, 0.5) is 0 Å². The summed E-state index contributed by atoms with van der Waals surface area (Å²) in [5, 5.41) is 14.4. The smallest absolute Gasteiger partial charge is 0.273 e.